The fourth-order valence-corrected chi connectivity index (χ4v) is 1.04. The minimum Gasteiger partial charge on any atom is -0.259 e. The Morgan fingerprint density at radius 3 is 2.64 bits per heavy atom. The number of aromatic nitrogens is 1. The van der Waals surface area contributed by atoms with Crippen LogP contribution in [0.1, 0.15) is 23.2 Å². The topological polar surface area (TPSA) is 60.5 Å². The molecule has 0 aliphatic rings. The van der Waals surface area contributed by atoms with E-state index < -0.39 is 6.43 Å². The van der Waals surface area contributed by atoms with Gasteiger partial charge in [0.05, 0.1) is 23.7 Å². The number of hydrogen-bond donors (Lipinski definition) is 0. The van der Waals surface area contributed by atoms with Gasteiger partial charge in [-0.2, -0.15) is 10.5 Å². The number of nitrogens with zero attached hydrogens (tertiary/aromatic N) is 3. The van der Waals surface area contributed by atoms with Crippen molar-refractivity contribution in [3.05, 3.63) is 29.1 Å². The lowest BCUT2D eigenvalue weighted by atomic mass is 10.1. The van der Waals surface area contributed by atoms with E-state index in [4.69, 9.17) is 10.5 Å². The SMILES string of the molecule is N#CCc1nccc(C(F)F)c1C#N. The molecule has 70 valence electrons. The normalized spacial score (nSPS) is 9.50. The quantitative estimate of drug-likeness (QED) is 0.721. The Labute approximate surface area is 79.2 Å². The van der Waals surface area contributed by atoms with Gasteiger partial charge in [-0.1, -0.05) is 0 Å². The fourth-order valence-electron chi connectivity index (χ4n) is 1.04. The van der Waals surface area contributed by atoms with E-state index in [1.165, 1.54) is 6.20 Å². The minimum absolute atomic E-state index is 0.104. The van der Waals surface area contributed by atoms with Gasteiger partial charge in [0.15, 0.2) is 0 Å². The molecule has 0 amide bonds. The molecule has 0 spiro atoms. The van der Waals surface area contributed by atoms with Gasteiger partial charge in [0.2, 0.25) is 0 Å². The highest BCUT2D eigenvalue weighted by Crippen LogP contribution is 2.23. The van der Waals surface area contributed by atoms with Crippen molar-refractivity contribution in [1.29, 1.82) is 10.5 Å². The van der Waals surface area contributed by atoms with Crippen LogP contribution in [0.4, 0.5) is 8.78 Å². The molecule has 1 aromatic rings. The second-order valence-electron chi connectivity index (χ2n) is 2.47. The lowest BCUT2D eigenvalue weighted by molar-refractivity contribution is 0.151. The summed E-state index contributed by atoms with van der Waals surface area (Å²) in [7, 11) is 0. The maximum Gasteiger partial charge on any atom is 0.265 e. The first-order valence-corrected chi connectivity index (χ1v) is 3.73. The molecule has 0 aliphatic heterocycles. The molecule has 0 aliphatic carbocycles. The predicted molar refractivity (Wildman–Crippen MR) is 43.2 cm³/mol. The van der Waals surface area contributed by atoms with Crippen LogP contribution >= 0.6 is 0 Å². The standard InChI is InChI=1S/C9H5F2N3/c10-9(11)6-2-4-14-8(1-3-12)7(6)5-13/h2,4,9H,1H2. The molecule has 1 heterocycles. The molecule has 1 aromatic heterocycles. The van der Waals surface area contributed by atoms with E-state index in [2.05, 4.69) is 4.98 Å². The number of halogens is 2. The summed E-state index contributed by atoms with van der Waals surface area (Å²) in [5, 5.41) is 17.0. The number of alkyl halides is 2. The van der Waals surface area contributed by atoms with E-state index in [1.807, 2.05) is 0 Å². The van der Waals surface area contributed by atoms with Crippen LogP contribution in [0.5, 0.6) is 0 Å². The van der Waals surface area contributed by atoms with E-state index in [0.717, 1.165) is 6.07 Å². The first-order chi connectivity index (χ1) is 6.70. The Hall–Kier alpha value is -2.01. The summed E-state index contributed by atoms with van der Waals surface area (Å²) in [6.07, 6.45) is -1.68. The van der Waals surface area contributed by atoms with Crippen LogP contribution in [0.15, 0.2) is 12.3 Å². The zero-order valence-corrected chi connectivity index (χ0v) is 7.04. The third-order valence-corrected chi connectivity index (χ3v) is 1.66. The minimum atomic E-state index is -2.72. The molecular weight excluding hydrogens is 188 g/mol. The lowest BCUT2D eigenvalue weighted by Crippen LogP contribution is -1.99. The van der Waals surface area contributed by atoms with Gasteiger partial charge in [-0.15, -0.1) is 0 Å². The summed E-state index contributed by atoms with van der Waals surface area (Å²) in [6, 6.07) is 4.49. The van der Waals surface area contributed by atoms with Crippen molar-refractivity contribution in [2.45, 2.75) is 12.8 Å². The van der Waals surface area contributed by atoms with Crippen LogP contribution in [0.3, 0.4) is 0 Å². The highest BCUT2D eigenvalue weighted by atomic mass is 19.3. The summed E-state index contributed by atoms with van der Waals surface area (Å²) in [5.74, 6) is 0. The van der Waals surface area contributed by atoms with Crippen molar-refractivity contribution < 1.29 is 8.78 Å². The third-order valence-electron chi connectivity index (χ3n) is 1.66. The van der Waals surface area contributed by atoms with Crippen molar-refractivity contribution in [1.82, 2.24) is 4.98 Å². The molecule has 5 heteroatoms. The Kier molecular flexibility index (Phi) is 3.09. The van der Waals surface area contributed by atoms with Gasteiger partial charge in [0.1, 0.15) is 6.07 Å². The monoisotopic (exact) mass is 193 g/mol. The maximum atomic E-state index is 12.4. The molecule has 0 N–H and O–H groups in total. The van der Waals surface area contributed by atoms with Crippen LogP contribution in [0, 0.1) is 22.7 Å². The average Bonchev–Trinajstić information content (AvgIpc) is 2.18. The molecular formula is C9H5F2N3. The molecule has 0 bridgehead atoms. The van der Waals surface area contributed by atoms with E-state index in [1.54, 1.807) is 12.1 Å². The zero-order chi connectivity index (χ0) is 10.6. The van der Waals surface area contributed by atoms with Gasteiger partial charge >= 0.3 is 0 Å². The Morgan fingerprint density at radius 1 is 1.43 bits per heavy atom. The number of pyridine rings is 1. The Balaban J connectivity index is 3.28. The number of hydrogen-bond acceptors (Lipinski definition) is 3. The molecule has 14 heavy (non-hydrogen) atoms. The summed E-state index contributed by atoms with van der Waals surface area (Å²) < 4.78 is 24.7. The first kappa shape index (κ1) is 10.1. The van der Waals surface area contributed by atoms with Gasteiger partial charge in [0.25, 0.3) is 6.43 Å². The Bertz CT molecular complexity index is 415. The summed E-state index contributed by atoms with van der Waals surface area (Å²) in [4.78, 5) is 3.70. The van der Waals surface area contributed by atoms with Crippen LogP contribution < -0.4 is 0 Å². The van der Waals surface area contributed by atoms with Crippen molar-refractivity contribution in [2.75, 3.05) is 0 Å². The summed E-state index contributed by atoms with van der Waals surface area (Å²) in [5.41, 5.74) is -0.454. The Morgan fingerprint density at radius 2 is 2.14 bits per heavy atom. The van der Waals surface area contributed by atoms with Crippen molar-refractivity contribution >= 4 is 0 Å². The van der Waals surface area contributed by atoms with Gasteiger partial charge in [-0.05, 0) is 6.07 Å². The van der Waals surface area contributed by atoms with Gasteiger partial charge < -0.3 is 0 Å². The molecule has 0 radical (unpaired) electrons. The van der Waals surface area contributed by atoms with E-state index >= 15 is 0 Å². The highest BCUT2D eigenvalue weighted by Gasteiger charge is 2.16. The van der Waals surface area contributed by atoms with Crippen LogP contribution in [-0.4, -0.2) is 4.98 Å². The first-order valence-electron chi connectivity index (χ1n) is 3.73. The van der Waals surface area contributed by atoms with Crippen molar-refractivity contribution in [2.24, 2.45) is 0 Å². The van der Waals surface area contributed by atoms with Crippen LogP contribution in [0.2, 0.25) is 0 Å². The molecule has 0 saturated heterocycles. The molecule has 3 nitrogen and oxygen atoms in total. The molecule has 0 aromatic carbocycles. The van der Waals surface area contributed by atoms with Gasteiger partial charge in [0, 0.05) is 11.8 Å². The second kappa shape index (κ2) is 4.29. The largest absolute Gasteiger partial charge is 0.265 e. The average molecular weight is 193 g/mol. The number of nitriles is 2. The second-order valence-corrected chi connectivity index (χ2v) is 2.47. The molecule has 0 unspecified atom stereocenters. The zero-order valence-electron chi connectivity index (χ0n) is 7.04. The fraction of sp³-hybridized carbons (Fsp3) is 0.222. The third kappa shape index (κ3) is 1.83. The van der Waals surface area contributed by atoms with Crippen LogP contribution in [0.25, 0.3) is 0 Å². The lowest BCUT2D eigenvalue weighted by Gasteiger charge is -2.04. The molecule has 1 rings (SSSR count). The molecule has 0 fully saturated rings. The smallest absolute Gasteiger partial charge is 0.259 e. The predicted octanol–water partition coefficient (Wildman–Crippen LogP) is 1.96. The summed E-state index contributed by atoms with van der Waals surface area (Å²) in [6.45, 7) is 0. The molecule has 0 atom stereocenters. The molecule has 0 saturated carbocycles. The van der Waals surface area contributed by atoms with Gasteiger partial charge in [-0.3, -0.25) is 4.98 Å². The highest BCUT2D eigenvalue weighted by molar-refractivity contribution is 5.42. The van der Waals surface area contributed by atoms with Crippen molar-refractivity contribution in [3.8, 4) is 12.1 Å². The number of rotatable bonds is 2. The van der Waals surface area contributed by atoms with Gasteiger partial charge in [-0.25, -0.2) is 8.78 Å². The summed E-state index contributed by atoms with van der Waals surface area (Å²) >= 11 is 0. The van der Waals surface area contributed by atoms with E-state index in [-0.39, 0.29) is 23.2 Å². The maximum absolute atomic E-state index is 12.4. The van der Waals surface area contributed by atoms with Crippen molar-refractivity contribution in [3.63, 3.8) is 0 Å². The van der Waals surface area contributed by atoms with Crippen LogP contribution in [-0.2, 0) is 6.42 Å². The van der Waals surface area contributed by atoms with E-state index in [0.29, 0.717) is 0 Å². The van der Waals surface area contributed by atoms with E-state index in [9.17, 15) is 8.78 Å².